The number of methoxy groups -OCH3 is 2. The van der Waals surface area contributed by atoms with Crippen LogP contribution in [0.2, 0.25) is 0 Å². The minimum atomic E-state index is -0.0451. The maximum absolute atomic E-state index is 12.3. The summed E-state index contributed by atoms with van der Waals surface area (Å²) < 4.78 is 10.5. The fourth-order valence-corrected chi connectivity index (χ4v) is 3.18. The Labute approximate surface area is 155 Å². The molecule has 1 heterocycles. The molecule has 2 amide bonds. The highest BCUT2D eigenvalue weighted by Crippen LogP contribution is 2.27. The minimum absolute atomic E-state index is 0.0256. The van der Waals surface area contributed by atoms with Crippen molar-refractivity contribution in [3.63, 3.8) is 0 Å². The second-order valence-electron chi connectivity index (χ2n) is 6.43. The molecule has 144 valence electrons. The maximum atomic E-state index is 12.3. The largest absolute Gasteiger partial charge is 0.493 e. The molecule has 1 fully saturated rings. The number of likely N-dealkylation sites (tertiary alicyclic amines) is 1. The van der Waals surface area contributed by atoms with Crippen LogP contribution in [0.5, 0.6) is 11.5 Å². The van der Waals surface area contributed by atoms with E-state index in [9.17, 15) is 9.59 Å². The molecule has 1 aromatic carbocycles. The van der Waals surface area contributed by atoms with Crippen molar-refractivity contribution in [2.24, 2.45) is 5.92 Å². The lowest BCUT2D eigenvalue weighted by Gasteiger charge is -2.31. The number of hydrogen-bond acceptors (Lipinski definition) is 5. The maximum Gasteiger partial charge on any atom is 0.234 e. The van der Waals surface area contributed by atoms with Crippen LogP contribution < -0.4 is 20.1 Å². The molecule has 1 aliphatic heterocycles. The van der Waals surface area contributed by atoms with E-state index in [-0.39, 0.29) is 17.7 Å². The van der Waals surface area contributed by atoms with Gasteiger partial charge in [-0.25, -0.2) is 0 Å². The van der Waals surface area contributed by atoms with Gasteiger partial charge in [0.15, 0.2) is 11.5 Å². The van der Waals surface area contributed by atoms with Crippen molar-refractivity contribution in [2.75, 3.05) is 40.4 Å². The van der Waals surface area contributed by atoms with E-state index in [0.717, 1.165) is 24.9 Å². The molecule has 0 aliphatic carbocycles. The number of carbonyl (C=O) groups is 2. The molecule has 26 heavy (non-hydrogen) atoms. The van der Waals surface area contributed by atoms with Gasteiger partial charge in [0.25, 0.3) is 0 Å². The lowest BCUT2D eigenvalue weighted by atomic mass is 9.97. The third kappa shape index (κ3) is 5.62. The van der Waals surface area contributed by atoms with Gasteiger partial charge in [0.2, 0.25) is 11.8 Å². The van der Waals surface area contributed by atoms with E-state index in [1.54, 1.807) is 14.2 Å². The van der Waals surface area contributed by atoms with Gasteiger partial charge in [-0.3, -0.25) is 14.5 Å². The van der Waals surface area contributed by atoms with Crippen LogP contribution in [-0.2, 0) is 16.1 Å². The zero-order chi connectivity index (χ0) is 18.9. The van der Waals surface area contributed by atoms with Crippen molar-refractivity contribution in [3.05, 3.63) is 23.8 Å². The van der Waals surface area contributed by atoms with Crippen molar-refractivity contribution in [2.45, 2.75) is 26.3 Å². The summed E-state index contributed by atoms with van der Waals surface area (Å²) in [5, 5.41) is 5.79. The normalized spacial score (nSPS) is 17.4. The molecule has 0 radical (unpaired) electrons. The van der Waals surface area contributed by atoms with E-state index in [1.807, 2.05) is 30.0 Å². The van der Waals surface area contributed by atoms with Gasteiger partial charge >= 0.3 is 0 Å². The van der Waals surface area contributed by atoms with Crippen LogP contribution in [0, 0.1) is 5.92 Å². The van der Waals surface area contributed by atoms with Crippen molar-refractivity contribution < 1.29 is 19.1 Å². The van der Waals surface area contributed by atoms with E-state index in [1.165, 1.54) is 0 Å². The van der Waals surface area contributed by atoms with Gasteiger partial charge in [0.05, 0.1) is 26.7 Å². The Kier molecular flexibility index (Phi) is 7.72. The fraction of sp³-hybridized carbons (Fsp3) is 0.579. The first-order valence-corrected chi connectivity index (χ1v) is 9.05. The Balaban J connectivity index is 1.82. The number of hydrogen-bond donors (Lipinski definition) is 2. The van der Waals surface area contributed by atoms with Crippen molar-refractivity contribution in [3.8, 4) is 11.5 Å². The van der Waals surface area contributed by atoms with E-state index in [2.05, 4.69) is 10.6 Å². The van der Waals surface area contributed by atoms with Gasteiger partial charge in [-0.1, -0.05) is 6.07 Å². The summed E-state index contributed by atoms with van der Waals surface area (Å²) in [4.78, 5) is 26.3. The van der Waals surface area contributed by atoms with Gasteiger partial charge in [0, 0.05) is 19.6 Å². The summed E-state index contributed by atoms with van der Waals surface area (Å²) in [7, 11) is 3.17. The van der Waals surface area contributed by atoms with E-state index >= 15 is 0 Å². The van der Waals surface area contributed by atoms with Crippen LogP contribution in [0.25, 0.3) is 0 Å². The van der Waals surface area contributed by atoms with Gasteiger partial charge in [0.1, 0.15) is 0 Å². The summed E-state index contributed by atoms with van der Waals surface area (Å²) in [5.74, 6) is 1.31. The Morgan fingerprint density at radius 1 is 1.19 bits per heavy atom. The number of nitrogens with zero attached hydrogens (tertiary/aromatic N) is 1. The van der Waals surface area contributed by atoms with Crippen LogP contribution in [0.1, 0.15) is 25.3 Å². The number of ether oxygens (including phenoxy) is 2. The monoisotopic (exact) mass is 363 g/mol. The second kappa shape index (κ2) is 10.0. The van der Waals surface area contributed by atoms with Gasteiger partial charge in [-0.05, 0) is 44.0 Å². The summed E-state index contributed by atoms with van der Waals surface area (Å²) >= 11 is 0. The second-order valence-corrected chi connectivity index (χ2v) is 6.43. The van der Waals surface area contributed by atoms with Crippen LogP contribution in [0.4, 0.5) is 0 Å². The Morgan fingerprint density at radius 2 is 1.96 bits per heavy atom. The van der Waals surface area contributed by atoms with Crippen LogP contribution in [-0.4, -0.2) is 57.1 Å². The molecule has 1 unspecified atom stereocenters. The molecular formula is C19H29N3O4. The molecule has 0 bridgehead atoms. The van der Waals surface area contributed by atoms with Crippen LogP contribution in [0.3, 0.4) is 0 Å². The third-order valence-corrected chi connectivity index (χ3v) is 4.53. The summed E-state index contributed by atoms with van der Waals surface area (Å²) in [6.07, 6.45) is 1.82. The van der Waals surface area contributed by atoms with Crippen LogP contribution in [0.15, 0.2) is 18.2 Å². The number of piperidine rings is 1. The highest BCUT2D eigenvalue weighted by molar-refractivity contribution is 5.80. The molecule has 2 N–H and O–H groups in total. The molecule has 7 nitrogen and oxygen atoms in total. The first-order valence-electron chi connectivity index (χ1n) is 9.05. The fourth-order valence-electron chi connectivity index (χ4n) is 3.18. The van der Waals surface area contributed by atoms with Gasteiger partial charge < -0.3 is 20.1 Å². The first kappa shape index (κ1) is 20.0. The molecular weight excluding hydrogens is 334 g/mol. The number of benzene rings is 1. The predicted molar refractivity (Wildman–Crippen MR) is 99.2 cm³/mol. The zero-order valence-corrected chi connectivity index (χ0v) is 15.8. The number of nitrogens with one attached hydrogen (secondary N) is 2. The minimum Gasteiger partial charge on any atom is -0.493 e. The molecule has 7 heteroatoms. The smallest absolute Gasteiger partial charge is 0.234 e. The van der Waals surface area contributed by atoms with E-state index in [4.69, 9.17) is 9.47 Å². The number of amides is 2. The lowest BCUT2D eigenvalue weighted by Crippen LogP contribution is -2.46. The molecule has 1 aromatic rings. The first-order chi connectivity index (χ1) is 12.6. The van der Waals surface area contributed by atoms with Crippen molar-refractivity contribution >= 4 is 11.8 Å². The lowest BCUT2D eigenvalue weighted by molar-refractivity contribution is -0.128. The summed E-state index contributed by atoms with van der Waals surface area (Å²) in [6, 6.07) is 5.57. The molecule has 0 aromatic heterocycles. The highest BCUT2D eigenvalue weighted by atomic mass is 16.5. The van der Waals surface area contributed by atoms with E-state index in [0.29, 0.717) is 37.7 Å². The molecule has 1 atom stereocenters. The summed E-state index contributed by atoms with van der Waals surface area (Å²) in [6.45, 7) is 4.77. The van der Waals surface area contributed by atoms with E-state index < -0.39 is 0 Å². The predicted octanol–water partition coefficient (Wildman–Crippen LogP) is 1.17. The van der Waals surface area contributed by atoms with Crippen molar-refractivity contribution in [1.82, 2.24) is 15.5 Å². The van der Waals surface area contributed by atoms with Crippen molar-refractivity contribution in [1.29, 1.82) is 0 Å². The quantitative estimate of drug-likeness (QED) is 0.725. The molecule has 0 saturated carbocycles. The Morgan fingerprint density at radius 3 is 2.65 bits per heavy atom. The van der Waals surface area contributed by atoms with Gasteiger partial charge in [-0.15, -0.1) is 0 Å². The molecule has 1 saturated heterocycles. The Bertz CT molecular complexity index is 621. The van der Waals surface area contributed by atoms with Crippen LogP contribution >= 0.6 is 0 Å². The number of carbonyl (C=O) groups excluding carboxylic acids is 2. The summed E-state index contributed by atoms with van der Waals surface area (Å²) in [5.41, 5.74) is 0.940. The average molecular weight is 363 g/mol. The third-order valence-electron chi connectivity index (χ3n) is 4.53. The number of rotatable bonds is 8. The highest BCUT2D eigenvalue weighted by Gasteiger charge is 2.26. The molecule has 1 aliphatic rings. The average Bonchev–Trinajstić information content (AvgIpc) is 2.66. The molecule has 0 spiro atoms. The van der Waals surface area contributed by atoms with Gasteiger partial charge in [-0.2, -0.15) is 0 Å². The zero-order valence-electron chi connectivity index (χ0n) is 15.8. The standard InChI is InChI=1S/C19H29N3O4/c1-4-20-19(24)15-6-5-9-22(12-15)13-18(23)21-11-14-7-8-16(25-2)17(10-14)26-3/h7-8,10,15H,4-6,9,11-13H2,1-3H3,(H,20,24)(H,21,23). The molecule has 2 rings (SSSR count). The SMILES string of the molecule is CCNC(=O)C1CCCN(CC(=O)NCc2ccc(OC)c(OC)c2)C1. The topological polar surface area (TPSA) is 79.9 Å². The Hall–Kier alpha value is -2.28.